The van der Waals surface area contributed by atoms with Crippen LogP contribution in [0.3, 0.4) is 0 Å². The number of aliphatic hydroxyl groups is 1. The third kappa shape index (κ3) is 2.96. The Balaban J connectivity index is 1.59. The standard InChI is InChI=1S/C15H18O3S2/c1-17-9-11-3-7-15(20-11)13-5-4-12(18-13)14-6-2-10(8-16)19-14/h2-3,5,7,12,14,16H,4,6,8-9H2,1H3. The Hall–Kier alpha value is -0.750. The fraction of sp³-hybridized carbons (Fsp3) is 0.467. The van der Waals surface area contributed by atoms with E-state index in [0.717, 1.165) is 23.5 Å². The highest BCUT2D eigenvalue weighted by atomic mass is 32.2. The number of thioether (sulfide) groups is 1. The van der Waals surface area contributed by atoms with Crippen LogP contribution in [-0.2, 0) is 16.1 Å². The van der Waals surface area contributed by atoms with Crippen molar-refractivity contribution in [3.05, 3.63) is 38.9 Å². The highest BCUT2D eigenvalue weighted by Gasteiger charge is 2.31. The van der Waals surface area contributed by atoms with Gasteiger partial charge in [0.25, 0.3) is 0 Å². The van der Waals surface area contributed by atoms with Crippen LogP contribution in [0.25, 0.3) is 5.76 Å². The smallest absolute Gasteiger partial charge is 0.133 e. The number of rotatable bonds is 5. The molecule has 1 aromatic heterocycles. The van der Waals surface area contributed by atoms with Gasteiger partial charge in [-0.15, -0.1) is 23.1 Å². The Morgan fingerprint density at radius 1 is 1.35 bits per heavy atom. The SMILES string of the molecule is COCc1ccc(C2=CCC(C3CC=C(CO)S3)O2)s1. The zero-order valence-electron chi connectivity index (χ0n) is 11.4. The summed E-state index contributed by atoms with van der Waals surface area (Å²) >= 11 is 3.48. The van der Waals surface area contributed by atoms with Crippen molar-refractivity contribution in [3.63, 3.8) is 0 Å². The summed E-state index contributed by atoms with van der Waals surface area (Å²) in [5.41, 5.74) is 0. The highest BCUT2D eigenvalue weighted by molar-refractivity contribution is 8.04. The van der Waals surface area contributed by atoms with Crippen LogP contribution >= 0.6 is 23.1 Å². The van der Waals surface area contributed by atoms with Gasteiger partial charge in [0.05, 0.1) is 18.1 Å². The molecule has 5 heteroatoms. The molecular weight excluding hydrogens is 292 g/mol. The van der Waals surface area contributed by atoms with E-state index >= 15 is 0 Å². The van der Waals surface area contributed by atoms with Crippen molar-refractivity contribution in [2.75, 3.05) is 13.7 Å². The monoisotopic (exact) mass is 310 g/mol. The molecule has 0 aromatic carbocycles. The molecule has 20 heavy (non-hydrogen) atoms. The second-order valence-corrected chi connectivity index (χ2v) is 7.41. The van der Waals surface area contributed by atoms with E-state index in [4.69, 9.17) is 14.6 Å². The molecule has 108 valence electrons. The lowest BCUT2D eigenvalue weighted by Crippen LogP contribution is -2.20. The van der Waals surface area contributed by atoms with Gasteiger partial charge in [-0.3, -0.25) is 0 Å². The van der Waals surface area contributed by atoms with Crippen molar-refractivity contribution in [2.45, 2.75) is 30.8 Å². The number of ether oxygens (including phenoxy) is 2. The van der Waals surface area contributed by atoms with Crippen molar-refractivity contribution in [1.29, 1.82) is 0 Å². The first-order valence-electron chi connectivity index (χ1n) is 6.71. The van der Waals surface area contributed by atoms with E-state index in [1.165, 1.54) is 9.75 Å². The maximum atomic E-state index is 9.16. The Morgan fingerprint density at radius 3 is 3.00 bits per heavy atom. The van der Waals surface area contributed by atoms with Gasteiger partial charge in [-0.05, 0) is 24.6 Å². The molecule has 0 saturated carbocycles. The summed E-state index contributed by atoms with van der Waals surface area (Å²) in [5, 5.41) is 9.59. The maximum Gasteiger partial charge on any atom is 0.133 e. The lowest BCUT2D eigenvalue weighted by atomic mass is 10.1. The minimum Gasteiger partial charge on any atom is -0.488 e. The van der Waals surface area contributed by atoms with Crippen LogP contribution in [0.2, 0.25) is 0 Å². The predicted molar refractivity (Wildman–Crippen MR) is 83.7 cm³/mol. The highest BCUT2D eigenvalue weighted by Crippen LogP contribution is 2.41. The van der Waals surface area contributed by atoms with Crippen molar-refractivity contribution in [2.24, 2.45) is 0 Å². The van der Waals surface area contributed by atoms with E-state index in [1.807, 2.05) is 0 Å². The van der Waals surface area contributed by atoms with Crippen LogP contribution in [-0.4, -0.2) is 30.2 Å². The third-order valence-electron chi connectivity index (χ3n) is 3.46. The molecule has 0 saturated heterocycles. The summed E-state index contributed by atoms with van der Waals surface area (Å²) in [5.74, 6) is 1.00. The summed E-state index contributed by atoms with van der Waals surface area (Å²) in [7, 11) is 1.71. The van der Waals surface area contributed by atoms with E-state index in [0.29, 0.717) is 11.9 Å². The van der Waals surface area contributed by atoms with Crippen LogP contribution in [0.1, 0.15) is 22.6 Å². The largest absolute Gasteiger partial charge is 0.488 e. The summed E-state index contributed by atoms with van der Waals surface area (Å²) in [6, 6.07) is 4.20. The molecule has 2 unspecified atom stereocenters. The molecule has 0 spiro atoms. The van der Waals surface area contributed by atoms with Crippen molar-refractivity contribution >= 4 is 28.9 Å². The summed E-state index contributed by atoms with van der Waals surface area (Å²) in [4.78, 5) is 3.47. The normalized spacial score (nSPS) is 25.5. The fourth-order valence-electron chi connectivity index (χ4n) is 2.47. The zero-order chi connectivity index (χ0) is 13.9. The van der Waals surface area contributed by atoms with Gasteiger partial charge in [-0.25, -0.2) is 0 Å². The molecule has 0 aliphatic carbocycles. The number of allylic oxidation sites excluding steroid dienone is 1. The molecule has 1 N–H and O–H groups in total. The average molecular weight is 310 g/mol. The third-order valence-corrected chi connectivity index (χ3v) is 5.93. The molecule has 0 bridgehead atoms. The van der Waals surface area contributed by atoms with Gasteiger partial charge in [0.2, 0.25) is 0 Å². The molecule has 2 aliphatic rings. The molecule has 0 fully saturated rings. The average Bonchev–Trinajstić information content (AvgIpc) is 3.18. The van der Waals surface area contributed by atoms with E-state index in [2.05, 4.69) is 24.3 Å². The Morgan fingerprint density at radius 2 is 2.25 bits per heavy atom. The number of thiophene rings is 1. The molecular formula is C15H18O3S2. The summed E-state index contributed by atoms with van der Waals surface area (Å²) in [6.07, 6.45) is 6.48. The van der Waals surface area contributed by atoms with E-state index < -0.39 is 0 Å². The van der Waals surface area contributed by atoms with Crippen molar-refractivity contribution in [1.82, 2.24) is 0 Å². The van der Waals surface area contributed by atoms with Gasteiger partial charge < -0.3 is 14.6 Å². The summed E-state index contributed by atoms with van der Waals surface area (Å²) in [6.45, 7) is 0.809. The first kappa shape index (κ1) is 14.2. The Labute approximate surface area is 127 Å². The predicted octanol–water partition coefficient (Wildman–Crippen LogP) is 3.41. The first-order chi connectivity index (χ1) is 9.80. The Bertz CT molecular complexity index is 533. The van der Waals surface area contributed by atoms with Crippen LogP contribution in [0.5, 0.6) is 0 Å². The van der Waals surface area contributed by atoms with Gasteiger partial charge >= 0.3 is 0 Å². The molecule has 0 amide bonds. The minimum absolute atomic E-state index is 0.152. The number of aliphatic hydroxyl groups excluding tert-OH is 1. The van der Waals surface area contributed by atoms with Crippen LogP contribution in [0.15, 0.2) is 29.2 Å². The zero-order valence-corrected chi connectivity index (χ0v) is 13.0. The van der Waals surface area contributed by atoms with Gasteiger partial charge in [-0.2, -0.15) is 0 Å². The molecule has 2 atom stereocenters. The van der Waals surface area contributed by atoms with Gasteiger partial charge in [0, 0.05) is 28.6 Å². The number of methoxy groups -OCH3 is 1. The summed E-state index contributed by atoms with van der Waals surface area (Å²) < 4.78 is 11.3. The van der Waals surface area contributed by atoms with Crippen molar-refractivity contribution in [3.8, 4) is 0 Å². The molecule has 0 radical (unpaired) electrons. The van der Waals surface area contributed by atoms with Gasteiger partial charge in [0.15, 0.2) is 0 Å². The van der Waals surface area contributed by atoms with Crippen LogP contribution in [0.4, 0.5) is 0 Å². The molecule has 1 aromatic rings. The van der Waals surface area contributed by atoms with Crippen LogP contribution < -0.4 is 0 Å². The van der Waals surface area contributed by atoms with Crippen molar-refractivity contribution < 1.29 is 14.6 Å². The number of hydrogen-bond acceptors (Lipinski definition) is 5. The fourth-order valence-corrected chi connectivity index (χ4v) is 4.60. The lowest BCUT2D eigenvalue weighted by Gasteiger charge is -2.19. The lowest BCUT2D eigenvalue weighted by molar-refractivity contribution is 0.187. The van der Waals surface area contributed by atoms with E-state index in [-0.39, 0.29) is 12.7 Å². The number of hydrogen-bond donors (Lipinski definition) is 1. The van der Waals surface area contributed by atoms with Gasteiger partial charge in [0.1, 0.15) is 11.9 Å². The van der Waals surface area contributed by atoms with E-state index in [9.17, 15) is 0 Å². The molecule has 3 heterocycles. The second-order valence-electron chi connectivity index (χ2n) is 4.88. The van der Waals surface area contributed by atoms with Gasteiger partial charge in [-0.1, -0.05) is 6.08 Å². The Kier molecular flexibility index (Phi) is 4.51. The topological polar surface area (TPSA) is 38.7 Å². The second kappa shape index (κ2) is 6.35. The quantitative estimate of drug-likeness (QED) is 0.904. The molecule has 3 rings (SSSR count). The molecule has 3 nitrogen and oxygen atoms in total. The molecule has 2 aliphatic heterocycles. The van der Waals surface area contributed by atoms with E-state index in [1.54, 1.807) is 30.2 Å². The first-order valence-corrected chi connectivity index (χ1v) is 8.41. The van der Waals surface area contributed by atoms with Crippen LogP contribution in [0, 0.1) is 0 Å². The maximum absolute atomic E-state index is 9.16. The minimum atomic E-state index is 0.152.